The Labute approximate surface area is 235 Å². The molecular weight excluding hydrogens is 699 g/mol. The SMILES string of the molecule is CC1(C)C(=O)N(c2ccc(C#N)c(C(F)(F)F)c2)C(=S)N1C1CCC(CCCBr)CC1.[O-][S+](Br)Br. The van der Waals surface area contributed by atoms with Crippen LogP contribution in [0.5, 0.6) is 0 Å². The summed E-state index contributed by atoms with van der Waals surface area (Å²) < 4.78 is 49.7. The van der Waals surface area contributed by atoms with E-state index in [4.69, 9.17) is 17.5 Å². The molecule has 0 aromatic heterocycles. The zero-order chi connectivity index (χ0) is 26.6. The molecule has 2 fully saturated rings. The maximum Gasteiger partial charge on any atom is 0.417 e. The number of carbonyl (C=O) groups excluding carboxylic acids is 1. The number of halogens is 6. The van der Waals surface area contributed by atoms with E-state index in [0.29, 0.717) is 5.92 Å². The maximum absolute atomic E-state index is 13.4. The predicted octanol–water partition coefficient (Wildman–Crippen LogP) is 7.38. The van der Waals surface area contributed by atoms with Gasteiger partial charge in [-0.25, -0.2) is 0 Å². The first kappa shape index (κ1) is 30.8. The third kappa shape index (κ3) is 7.57. The van der Waals surface area contributed by atoms with E-state index in [9.17, 15) is 22.5 Å². The van der Waals surface area contributed by atoms with Crippen LogP contribution >= 0.6 is 57.8 Å². The van der Waals surface area contributed by atoms with Gasteiger partial charge in [0.1, 0.15) is 13.6 Å². The lowest BCUT2D eigenvalue weighted by Gasteiger charge is -2.41. The highest BCUT2D eigenvalue weighted by molar-refractivity contribution is 9.79. The molecule has 194 valence electrons. The third-order valence-electron chi connectivity index (χ3n) is 6.34. The number of thiocarbonyl (C=S) groups is 1. The van der Waals surface area contributed by atoms with Gasteiger partial charge in [-0.2, -0.15) is 18.4 Å². The fourth-order valence-corrected chi connectivity index (χ4v) is 5.60. The van der Waals surface area contributed by atoms with Crippen LogP contribution in [0.4, 0.5) is 18.9 Å². The van der Waals surface area contributed by atoms with Gasteiger partial charge in [-0.15, -0.1) is 0 Å². The van der Waals surface area contributed by atoms with Crippen molar-refractivity contribution < 1.29 is 22.5 Å². The minimum atomic E-state index is -4.70. The van der Waals surface area contributed by atoms with E-state index in [1.54, 1.807) is 19.9 Å². The van der Waals surface area contributed by atoms with E-state index in [1.165, 1.54) is 17.4 Å². The number of benzene rings is 1. The number of amides is 1. The summed E-state index contributed by atoms with van der Waals surface area (Å²) in [6.07, 6.45) is 1.51. The summed E-state index contributed by atoms with van der Waals surface area (Å²) in [6.45, 7) is 3.54. The molecule has 1 saturated carbocycles. The highest BCUT2D eigenvalue weighted by Crippen LogP contribution is 2.41. The second kappa shape index (κ2) is 12.9. The average molecular weight is 724 g/mol. The molecule has 1 aliphatic carbocycles. The zero-order valence-corrected chi connectivity index (χ0v) is 25.5. The molecule has 0 unspecified atom stereocenters. The molecule has 1 aromatic rings. The molecule has 3 rings (SSSR count). The highest BCUT2D eigenvalue weighted by Gasteiger charge is 2.52. The average Bonchev–Trinajstić information content (AvgIpc) is 2.95. The van der Waals surface area contributed by atoms with Crippen molar-refractivity contribution >= 4 is 82.5 Å². The van der Waals surface area contributed by atoms with Crippen molar-refractivity contribution in [2.45, 2.75) is 70.1 Å². The first-order valence-electron chi connectivity index (χ1n) is 10.8. The number of carbonyl (C=O) groups is 1. The Hall–Kier alpha value is -0.390. The standard InChI is InChI=1S/C22H25BrF3N3OS.Br2OS/c1-21(2)19(30)28(17-10-7-15(13-27)18(12-17)22(24,25)26)20(31)29(21)16-8-5-14(6-9-16)4-3-11-23;1-4(2)3/h7,10,12,14,16H,3-6,8-9,11H2,1-2H3;. The van der Waals surface area contributed by atoms with Gasteiger partial charge in [-0.05, 0) is 88.7 Å². The summed E-state index contributed by atoms with van der Waals surface area (Å²) in [5.74, 6) is 0.310. The van der Waals surface area contributed by atoms with Crippen molar-refractivity contribution in [3.8, 4) is 6.07 Å². The molecule has 0 bridgehead atoms. The van der Waals surface area contributed by atoms with Crippen LogP contribution in [0.3, 0.4) is 0 Å². The Morgan fingerprint density at radius 3 is 2.31 bits per heavy atom. The molecule has 1 heterocycles. The van der Waals surface area contributed by atoms with Crippen LogP contribution < -0.4 is 4.90 Å². The minimum absolute atomic E-state index is 0.0444. The first-order chi connectivity index (χ1) is 16.2. The largest absolute Gasteiger partial charge is 0.596 e. The molecule has 2 aliphatic rings. The van der Waals surface area contributed by atoms with Gasteiger partial charge in [0.25, 0.3) is 5.91 Å². The summed E-state index contributed by atoms with van der Waals surface area (Å²) in [7, 11) is -0.986. The third-order valence-corrected chi connectivity index (χ3v) is 7.28. The van der Waals surface area contributed by atoms with E-state index >= 15 is 0 Å². The van der Waals surface area contributed by atoms with Gasteiger partial charge in [-0.3, -0.25) is 9.69 Å². The van der Waals surface area contributed by atoms with Crippen LogP contribution in [-0.2, 0) is 19.0 Å². The van der Waals surface area contributed by atoms with Gasteiger partial charge < -0.3 is 9.45 Å². The number of anilines is 1. The summed E-state index contributed by atoms with van der Waals surface area (Å²) in [4.78, 5) is 16.4. The van der Waals surface area contributed by atoms with E-state index in [1.807, 2.05) is 4.90 Å². The summed E-state index contributed by atoms with van der Waals surface area (Å²) >= 11 is 14.4. The van der Waals surface area contributed by atoms with Gasteiger partial charge in [0.2, 0.25) is 29.6 Å². The van der Waals surface area contributed by atoms with Gasteiger partial charge in [-0.1, -0.05) is 15.9 Å². The molecule has 1 aliphatic heterocycles. The van der Waals surface area contributed by atoms with Gasteiger partial charge in [0, 0.05) is 11.4 Å². The van der Waals surface area contributed by atoms with Crippen LogP contribution in [0.1, 0.15) is 63.5 Å². The molecule has 13 heteroatoms. The maximum atomic E-state index is 13.4. The monoisotopic (exact) mass is 721 g/mol. The molecule has 35 heavy (non-hydrogen) atoms. The van der Waals surface area contributed by atoms with E-state index in [0.717, 1.165) is 49.6 Å². The Balaban J connectivity index is 0.00000100. The van der Waals surface area contributed by atoms with E-state index in [-0.39, 0.29) is 22.7 Å². The molecule has 0 spiro atoms. The number of nitriles is 1. The molecule has 0 atom stereocenters. The van der Waals surface area contributed by atoms with Crippen molar-refractivity contribution in [2.24, 2.45) is 5.92 Å². The van der Waals surface area contributed by atoms with Crippen LogP contribution in [0.25, 0.3) is 0 Å². The molecule has 5 nitrogen and oxygen atoms in total. The molecule has 1 amide bonds. The molecule has 1 aromatic carbocycles. The van der Waals surface area contributed by atoms with Crippen LogP contribution in [0.2, 0.25) is 0 Å². The fourth-order valence-electron chi connectivity index (χ4n) is 4.71. The van der Waals surface area contributed by atoms with Crippen LogP contribution in [-0.4, -0.2) is 37.4 Å². The fraction of sp³-hybridized carbons (Fsp3) is 0.591. The normalized spacial score (nSPS) is 22.2. The van der Waals surface area contributed by atoms with Gasteiger partial charge in [0.15, 0.2) is 5.11 Å². The van der Waals surface area contributed by atoms with Crippen molar-refractivity contribution in [3.05, 3.63) is 29.3 Å². The zero-order valence-electron chi connectivity index (χ0n) is 19.1. The Morgan fingerprint density at radius 2 is 1.83 bits per heavy atom. The summed E-state index contributed by atoms with van der Waals surface area (Å²) in [5, 5.41) is 10.3. The smallest absolute Gasteiger partial charge is 0.417 e. The van der Waals surface area contributed by atoms with Gasteiger partial charge in [0.05, 0.1) is 22.9 Å². The quantitative estimate of drug-likeness (QED) is 0.180. The first-order valence-corrected chi connectivity index (χ1v) is 17.2. The van der Waals surface area contributed by atoms with Crippen molar-refractivity contribution in [3.63, 3.8) is 0 Å². The topological polar surface area (TPSA) is 70.4 Å². The Kier molecular flexibility index (Phi) is 11.4. The highest BCUT2D eigenvalue weighted by atomic mass is 79.9. The summed E-state index contributed by atoms with van der Waals surface area (Å²) in [6, 6.07) is 4.95. The minimum Gasteiger partial charge on any atom is -0.596 e. The number of rotatable bonds is 5. The van der Waals surface area contributed by atoms with Crippen molar-refractivity contribution in [2.75, 3.05) is 10.2 Å². The molecule has 0 radical (unpaired) electrons. The molecular formula is C22H25Br3F3N3O2S2. The number of nitrogens with zero attached hydrogens (tertiary/aromatic N) is 3. The van der Waals surface area contributed by atoms with Crippen LogP contribution in [0.15, 0.2) is 18.2 Å². The number of hydrogen-bond acceptors (Lipinski definition) is 4. The second-order valence-electron chi connectivity index (χ2n) is 8.88. The predicted molar refractivity (Wildman–Crippen MR) is 147 cm³/mol. The summed E-state index contributed by atoms with van der Waals surface area (Å²) in [5.41, 5.74) is -2.45. The van der Waals surface area contributed by atoms with Crippen molar-refractivity contribution in [1.29, 1.82) is 5.26 Å². The number of hydrogen-bond donors (Lipinski definition) is 0. The van der Waals surface area contributed by atoms with Crippen molar-refractivity contribution in [1.82, 2.24) is 4.90 Å². The molecule has 0 N–H and O–H groups in total. The lowest BCUT2D eigenvalue weighted by Crippen LogP contribution is -2.51. The van der Waals surface area contributed by atoms with E-state index < -0.39 is 30.9 Å². The van der Waals surface area contributed by atoms with E-state index in [2.05, 4.69) is 45.6 Å². The number of alkyl halides is 4. The Morgan fingerprint density at radius 1 is 1.26 bits per heavy atom. The molecule has 1 saturated heterocycles. The van der Waals surface area contributed by atoms with Gasteiger partial charge >= 0.3 is 6.18 Å². The lowest BCUT2D eigenvalue weighted by molar-refractivity contribution is -0.137. The van der Waals surface area contributed by atoms with Crippen LogP contribution in [0, 0.1) is 17.2 Å². The second-order valence-corrected chi connectivity index (χ2v) is 16.5. The lowest BCUT2D eigenvalue weighted by atomic mass is 9.82. The Bertz CT molecular complexity index is 963.